The summed E-state index contributed by atoms with van der Waals surface area (Å²) in [6.45, 7) is 0. The molecule has 1 heterocycles. The van der Waals surface area contributed by atoms with Crippen LogP contribution in [0.5, 0.6) is 0 Å². The van der Waals surface area contributed by atoms with E-state index in [0.29, 0.717) is 0 Å². The van der Waals surface area contributed by atoms with Crippen LogP contribution in [0.25, 0.3) is 11.6 Å². The van der Waals surface area contributed by atoms with E-state index in [0.717, 1.165) is 28.8 Å². The van der Waals surface area contributed by atoms with Gasteiger partial charge in [-0.05, 0) is 48.1 Å². The average Bonchev–Trinajstić information content (AvgIpc) is 3.04. The van der Waals surface area contributed by atoms with Gasteiger partial charge in [0.15, 0.2) is 0 Å². The predicted octanol–water partition coefficient (Wildman–Crippen LogP) is 3.67. The molecule has 2 aromatic carbocycles. The van der Waals surface area contributed by atoms with Crippen molar-refractivity contribution >= 4 is 23.2 Å². The maximum absolute atomic E-state index is 12.1. The first-order chi connectivity index (χ1) is 9.81. The third-order valence-electron chi connectivity index (χ3n) is 4.14. The number of rotatable bonds is 1. The first-order valence-electron chi connectivity index (χ1n) is 7.05. The van der Waals surface area contributed by atoms with Crippen molar-refractivity contribution in [3.8, 4) is 0 Å². The minimum atomic E-state index is -0.00769. The van der Waals surface area contributed by atoms with Crippen LogP contribution >= 0.6 is 0 Å². The molecular formula is C18H15NO. The van der Waals surface area contributed by atoms with Crippen LogP contribution in [0, 0.1) is 0 Å². The predicted molar refractivity (Wildman–Crippen MR) is 81.4 cm³/mol. The highest BCUT2D eigenvalue weighted by atomic mass is 16.2. The minimum Gasteiger partial charge on any atom is -0.321 e. The Morgan fingerprint density at radius 3 is 2.80 bits per heavy atom. The molecule has 20 heavy (non-hydrogen) atoms. The summed E-state index contributed by atoms with van der Waals surface area (Å²) in [5, 5.41) is 2.91. The fraction of sp³-hybridized carbons (Fsp3) is 0.167. The van der Waals surface area contributed by atoms with Gasteiger partial charge in [-0.25, -0.2) is 0 Å². The zero-order valence-corrected chi connectivity index (χ0v) is 11.1. The Kier molecular flexibility index (Phi) is 2.49. The Balaban J connectivity index is 1.79. The smallest absolute Gasteiger partial charge is 0.256 e. The van der Waals surface area contributed by atoms with Crippen molar-refractivity contribution < 1.29 is 4.79 Å². The van der Waals surface area contributed by atoms with Gasteiger partial charge in [-0.2, -0.15) is 0 Å². The van der Waals surface area contributed by atoms with Crippen molar-refractivity contribution in [2.24, 2.45) is 0 Å². The summed E-state index contributed by atoms with van der Waals surface area (Å²) in [4.78, 5) is 12.1. The van der Waals surface area contributed by atoms with E-state index in [2.05, 4.69) is 23.5 Å². The summed E-state index contributed by atoms with van der Waals surface area (Å²) in [6, 6.07) is 14.4. The highest BCUT2D eigenvalue weighted by Gasteiger charge is 2.23. The Morgan fingerprint density at radius 1 is 1.00 bits per heavy atom. The molecule has 2 aromatic rings. The number of hydrogen-bond acceptors (Lipinski definition) is 1. The molecule has 2 nitrogen and oxygen atoms in total. The number of amides is 1. The molecule has 1 amide bonds. The van der Waals surface area contributed by atoms with Gasteiger partial charge in [0.05, 0.1) is 0 Å². The van der Waals surface area contributed by atoms with Gasteiger partial charge in [0.1, 0.15) is 0 Å². The van der Waals surface area contributed by atoms with E-state index in [4.69, 9.17) is 0 Å². The van der Waals surface area contributed by atoms with Gasteiger partial charge in [-0.3, -0.25) is 4.79 Å². The lowest BCUT2D eigenvalue weighted by Gasteiger charge is -2.02. The fourth-order valence-electron chi connectivity index (χ4n) is 3.13. The molecule has 1 aliphatic carbocycles. The number of nitrogens with one attached hydrogen (secondary N) is 1. The van der Waals surface area contributed by atoms with Gasteiger partial charge >= 0.3 is 0 Å². The number of benzene rings is 2. The number of fused-ring (bicyclic) bond motifs is 2. The molecule has 0 saturated carbocycles. The summed E-state index contributed by atoms with van der Waals surface area (Å²) in [5.74, 6) is -0.00769. The minimum absolute atomic E-state index is 0.00769. The van der Waals surface area contributed by atoms with Crippen LogP contribution < -0.4 is 5.32 Å². The first-order valence-corrected chi connectivity index (χ1v) is 7.05. The Bertz CT molecular complexity index is 743. The molecule has 0 saturated heterocycles. The van der Waals surface area contributed by atoms with Crippen molar-refractivity contribution in [2.45, 2.75) is 19.3 Å². The summed E-state index contributed by atoms with van der Waals surface area (Å²) in [6.07, 6.45) is 5.60. The van der Waals surface area contributed by atoms with Crippen LogP contribution in [0.1, 0.15) is 28.7 Å². The molecule has 0 bridgehead atoms. The molecule has 0 fully saturated rings. The largest absolute Gasteiger partial charge is 0.321 e. The lowest BCUT2D eigenvalue weighted by atomic mass is 10.0. The zero-order valence-electron chi connectivity index (χ0n) is 11.1. The molecule has 1 aliphatic heterocycles. The maximum atomic E-state index is 12.1. The number of aryl methyl sites for hydroxylation is 2. The van der Waals surface area contributed by atoms with Crippen molar-refractivity contribution in [3.63, 3.8) is 0 Å². The van der Waals surface area contributed by atoms with E-state index >= 15 is 0 Å². The monoisotopic (exact) mass is 261 g/mol. The summed E-state index contributed by atoms with van der Waals surface area (Å²) in [5.41, 5.74) is 6.68. The Morgan fingerprint density at radius 2 is 1.85 bits per heavy atom. The molecule has 0 radical (unpaired) electrons. The third kappa shape index (κ3) is 1.76. The van der Waals surface area contributed by atoms with Crippen molar-refractivity contribution in [1.82, 2.24) is 0 Å². The normalized spacial score (nSPS) is 18.0. The number of para-hydroxylation sites is 1. The third-order valence-corrected chi connectivity index (χ3v) is 4.14. The van der Waals surface area contributed by atoms with Crippen molar-refractivity contribution in [3.05, 3.63) is 64.7 Å². The molecule has 4 rings (SSSR count). The second-order valence-electron chi connectivity index (χ2n) is 5.44. The first kappa shape index (κ1) is 11.5. The second-order valence-corrected chi connectivity index (χ2v) is 5.44. The molecule has 1 N–H and O–H groups in total. The highest BCUT2D eigenvalue weighted by Crippen LogP contribution is 2.33. The van der Waals surface area contributed by atoms with Gasteiger partial charge in [-0.1, -0.05) is 36.4 Å². The van der Waals surface area contributed by atoms with E-state index in [1.807, 2.05) is 30.3 Å². The van der Waals surface area contributed by atoms with Crippen LogP contribution in [0.3, 0.4) is 0 Å². The number of anilines is 1. The van der Waals surface area contributed by atoms with Crippen LogP contribution in [0.15, 0.2) is 42.5 Å². The second kappa shape index (κ2) is 4.34. The number of hydrogen-bond donors (Lipinski definition) is 1. The van der Waals surface area contributed by atoms with E-state index in [9.17, 15) is 4.79 Å². The molecular weight excluding hydrogens is 246 g/mol. The number of carbonyl (C=O) groups is 1. The number of carbonyl (C=O) groups excluding carboxylic acids is 1. The van der Waals surface area contributed by atoms with E-state index < -0.39 is 0 Å². The maximum Gasteiger partial charge on any atom is 0.256 e. The van der Waals surface area contributed by atoms with Crippen molar-refractivity contribution in [2.75, 3.05) is 5.32 Å². The van der Waals surface area contributed by atoms with Gasteiger partial charge < -0.3 is 5.32 Å². The molecule has 2 heteroatoms. The molecule has 0 unspecified atom stereocenters. The van der Waals surface area contributed by atoms with Crippen LogP contribution in [-0.4, -0.2) is 5.91 Å². The molecule has 0 spiro atoms. The SMILES string of the molecule is O=C1Nc2ccccc2/C1=C\c1ccc2c(c1)CCC2. The van der Waals surface area contributed by atoms with Gasteiger partial charge in [0.2, 0.25) is 0 Å². The van der Waals surface area contributed by atoms with Gasteiger partial charge in [0.25, 0.3) is 5.91 Å². The molecule has 2 aliphatic rings. The van der Waals surface area contributed by atoms with Crippen LogP contribution in [0.2, 0.25) is 0 Å². The Hall–Kier alpha value is -2.35. The van der Waals surface area contributed by atoms with E-state index in [1.54, 1.807) is 0 Å². The molecule has 98 valence electrons. The van der Waals surface area contributed by atoms with Crippen LogP contribution in [0.4, 0.5) is 5.69 Å². The molecule has 0 atom stereocenters. The lowest BCUT2D eigenvalue weighted by Crippen LogP contribution is -2.03. The average molecular weight is 261 g/mol. The van der Waals surface area contributed by atoms with Crippen molar-refractivity contribution in [1.29, 1.82) is 0 Å². The fourth-order valence-corrected chi connectivity index (χ4v) is 3.13. The van der Waals surface area contributed by atoms with Gasteiger partial charge in [-0.15, -0.1) is 0 Å². The van der Waals surface area contributed by atoms with E-state index in [1.165, 1.54) is 24.0 Å². The summed E-state index contributed by atoms with van der Waals surface area (Å²) in [7, 11) is 0. The quantitative estimate of drug-likeness (QED) is 0.780. The zero-order chi connectivity index (χ0) is 13.5. The standard InChI is InChI=1S/C18H15NO/c20-18-16(15-6-1-2-7-17(15)19-18)11-12-8-9-13-4-3-5-14(13)10-12/h1-2,6-11H,3-5H2,(H,19,20)/b16-11+. The Labute approximate surface area is 118 Å². The topological polar surface area (TPSA) is 29.1 Å². The molecule has 0 aromatic heterocycles. The summed E-state index contributed by atoms with van der Waals surface area (Å²) < 4.78 is 0. The highest BCUT2D eigenvalue weighted by molar-refractivity contribution is 6.34. The lowest BCUT2D eigenvalue weighted by molar-refractivity contribution is -0.110. The summed E-state index contributed by atoms with van der Waals surface area (Å²) >= 11 is 0. The van der Waals surface area contributed by atoms with Gasteiger partial charge in [0, 0.05) is 16.8 Å². The van der Waals surface area contributed by atoms with Crippen LogP contribution in [-0.2, 0) is 17.6 Å². The van der Waals surface area contributed by atoms with E-state index in [-0.39, 0.29) is 5.91 Å².